The van der Waals surface area contributed by atoms with E-state index in [2.05, 4.69) is 15.6 Å². The van der Waals surface area contributed by atoms with Crippen LogP contribution in [-0.2, 0) is 71.3 Å². The Balaban J connectivity index is 1.05. The van der Waals surface area contributed by atoms with Crippen LogP contribution >= 0.6 is 0 Å². The zero-order chi connectivity index (χ0) is 52.6. The number of aliphatic imine (C=N–C) groups is 1. The number of nitrogens with one attached hydrogen (secondary N) is 2. The molecule has 2 aromatic carbocycles. The van der Waals surface area contributed by atoms with E-state index in [4.69, 9.17) is 67.4 Å². The Hall–Kier alpha value is -5.11. The molecule has 3 amide bonds. The zero-order valence-corrected chi connectivity index (χ0v) is 43.2. The van der Waals surface area contributed by atoms with Gasteiger partial charge in [-0.05, 0) is 57.5 Å². The number of para-hydroxylation sites is 1. The fraction of sp³-hybridized carbons (Fsp3) is 0.627. The Morgan fingerprint density at radius 3 is 1.59 bits per heavy atom. The van der Waals surface area contributed by atoms with Gasteiger partial charge in [0.15, 0.2) is 0 Å². The minimum atomic E-state index is -0.647. The molecule has 2 aromatic rings. The standard InChI is InChI=1S/C51H79N5O17/c1-5-15-56(49(59)43-38-41-11-12-42(39-45(41)55-46(52)40-43)48(58)54-44-9-7-6-8-10-44)72-17-14-53-50(60)71-37-36-70-35-34-69-33-32-68-31-30-67-29-28-66-27-26-65-25-24-64-23-22-63-21-20-62-19-18-61-16-13-47(57)73-51(2,3)4/h6-12,38-39H,5,13-37,40H2,1-4H3,(H2,52,55)(H,53,60)(H,54,58). The summed E-state index contributed by atoms with van der Waals surface area (Å²) < 4.78 is 65.1. The first-order chi connectivity index (χ1) is 35.4. The minimum Gasteiger partial charge on any atom is -0.460 e. The number of benzene rings is 2. The maximum absolute atomic E-state index is 13.6. The number of alkyl carbamates (subject to hydrolysis) is 1. The summed E-state index contributed by atoms with van der Waals surface area (Å²) in [5, 5.41) is 6.69. The molecule has 22 heteroatoms. The van der Waals surface area contributed by atoms with E-state index in [1.165, 1.54) is 5.06 Å². The van der Waals surface area contributed by atoms with Gasteiger partial charge in [-0.1, -0.05) is 31.2 Å². The van der Waals surface area contributed by atoms with Gasteiger partial charge in [-0.2, -0.15) is 0 Å². The molecule has 3 rings (SSSR count). The summed E-state index contributed by atoms with van der Waals surface area (Å²) >= 11 is 0. The van der Waals surface area contributed by atoms with E-state index in [0.717, 1.165) is 0 Å². The average molecular weight is 1030 g/mol. The summed E-state index contributed by atoms with van der Waals surface area (Å²) in [6.45, 7) is 16.1. The highest BCUT2D eigenvalue weighted by molar-refractivity contribution is 6.07. The summed E-state index contributed by atoms with van der Waals surface area (Å²) in [6.07, 6.45) is 1.98. The number of ether oxygens (including phenoxy) is 12. The van der Waals surface area contributed by atoms with Gasteiger partial charge in [0.25, 0.3) is 11.8 Å². The van der Waals surface area contributed by atoms with Crippen LogP contribution < -0.4 is 16.4 Å². The van der Waals surface area contributed by atoms with Gasteiger partial charge >= 0.3 is 12.1 Å². The number of amidine groups is 1. The lowest BCUT2D eigenvalue weighted by Gasteiger charge is -2.22. The molecular formula is C51H79N5O17. The molecule has 0 saturated heterocycles. The van der Waals surface area contributed by atoms with E-state index in [1.54, 1.807) is 36.4 Å². The van der Waals surface area contributed by atoms with Crippen LogP contribution in [0.4, 0.5) is 16.2 Å². The number of anilines is 1. The number of hydroxylamine groups is 2. The minimum absolute atomic E-state index is 0.0169. The SMILES string of the molecule is CCCN(OCCNC(=O)OCCOCCOCCOCCOCCOCCOCCOCCOCCOCCOCCC(=O)OC(C)(C)C)C(=O)C1=Cc2ccc(C(=O)Nc3ccccc3)cc2N=C(N)C1. The molecule has 1 aliphatic rings. The van der Waals surface area contributed by atoms with Crippen LogP contribution in [0, 0.1) is 0 Å². The van der Waals surface area contributed by atoms with Crippen LogP contribution in [0.15, 0.2) is 59.1 Å². The number of carbonyl (C=O) groups excluding carboxylic acids is 4. The van der Waals surface area contributed by atoms with Crippen LogP contribution in [0.3, 0.4) is 0 Å². The number of nitrogens with zero attached hydrogens (tertiary/aromatic N) is 2. The topological polar surface area (TPSA) is 254 Å². The first-order valence-corrected chi connectivity index (χ1v) is 24.8. The number of rotatable bonds is 42. The molecule has 0 aromatic heterocycles. The highest BCUT2D eigenvalue weighted by Crippen LogP contribution is 2.29. The molecule has 0 fully saturated rings. The number of nitrogens with two attached hydrogens (primary N) is 1. The summed E-state index contributed by atoms with van der Waals surface area (Å²) in [7, 11) is 0. The summed E-state index contributed by atoms with van der Waals surface area (Å²) in [4.78, 5) is 60.4. The Morgan fingerprint density at radius 2 is 1.11 bits per heavy atom. The molecule has 0 spiro atoms. The molecule has 0 saturated carbocycles. The van der Waals surface area contributed by atoms with Crippen molar-refractivity contribution >= 4 is 47.2 Å². The van der Waals surface area contributed by atoms with E-state index in [0.29, 0.717) is 167 Å². The molecule has 73 heavy (non-hydrogen) atoms. The van der Waals surface area contributed by atoms with Crippen molar-refractivity contribution in [3.05, 3.63) is 65.2 Å². The molecule has 0 radical (unpaired) electrons. The summed E-state index contributed by atoms with van der Waals surface area (Å²) in [5.74, 6) is -0.744. The van der Waals surface area contributed by atoms with Crippen molar-refractivity contribution in [1.29, 1.82) is 0 Å². The number of hydrogen-bond donors (Lipinski definition) is 3. The van der Waals surface area contributed by atoms with E-state index < -0.39 is 11.7 Å². The van der Waals surface area contributed by atoms with Crippen LogP contribution in [0.2, 0.25) is 0 Å². The Kier molecular flexibility index (Phi) is 33.5. The third-order valence-electron chi connectivity index (χ3n) is 9.52. The van der Waals surface area contributed by atoms with Gasteiger partial charge in [0, 0.05) is 41.9 Å². The van der Waals surface area contributed by atoms with Gasteiger partial charge in [-0.15, -0.1) is 0 Å². The van der Waals surface area contributed by atoms with Crippen LogP contribution in [-0.4, -0.2) is 199 Å². The molecule has 410 valence electrons. The first-order valence-electron chi connectivity index (χ1n) is 24.8. The van der Waals surface area contributed by atoms with Gasteiger partial charge < -0.3 is 73.2 Å². The van der Waals surface area contributed by atoms with Crippen LogP contribution in [0.25, 0.3) is 6.08 Å². The normalized spacial score (nSPS) is 12.3. The smallest absolute Gasteiger partial charge is 0.407 e. The highest BCUT2D eigenvalue weighted by Gasteiger charge is 2.23. The first kappa shape index (κ1) is 62.2. The molecular weight excluding hydrogens is 955 g/mol. The van der Waals surface area contributed by atoms with Crippen LogP contribution in [0.5, 0.6) is 0 Å². The van der Waals surface area contributed by atoms with Gasteiger partial charge in [-0.25, -0.2) is 14.9 Å². The molecule has 0 atom stereocenters. The molecule has 1 aliphatic heterocycles. The third kappa shape index (κ3) is 31.3. The number of carbonyl (C=O) groups is 4. The van der Waals surface area contributed by atoms with Gasteiger partial charge in [0.05, 0.1) is 151 Å². The van der Waals surface area contributed by atoms with Crippen molar-refractivity contribution in [2.75, 3.05) is 164 Å². The largest absolute Gasteiger partial charge is 0.460 e. The predicted octanol–water partition coefficient (Wildman–Crippen LogP) is 4.51. The highest BCUT2D eigenvalue weighted by atomic mass is 16.7. The lowest BCUT2D eigenvalue weighted by atomic mass is 10.0. The predicted molar refractivity (Wildman–Crippen MR) is 271 cm³/mol. The number of fused-ring (bicyclic) bond motifs is 1. The average Bonchev–Trinajstić information content (AvgIpc) is 3.53. The van der Waals surface area contributed by atoms with Crippen molar-refractivity contribution in [2.45, 2.75) is 52.6 Å². The lowest BCUT2D eigenvalue weighted by molar-refractivity contribution is -0.181. The van der Waals surface area contributed by atoms with Crippen molar-refractivity contribution < 1.29 is 80.9 Å². The number of hydrogen-bond acceptors (Lipinski definition) is 19. The van der Waals surface area contributed by atoms with Crippen molar-refractivity contribution in [3.63, 3.8) is 0 Å². The second-order valence-corrected chi connectivity index (χ2v) is 16.8. The van der Waals surface area contributed by atoms with Crippen molar-refractivity contribution in [2.24, 2.45) is 10.7 Å². The molecule has 22 nitrogen and oxygen atoms in total. The molecule has 1 heterocycles. The quantitative estimate of drug-likeness (QED) is 0.0470. The Bertz CT molecular complexity index is 1900. The van der Waals surface area contributed by atoms with Crippen LogP contribution in [0.1, 0.15) is 62.9 Å². The van der Waals surface area contributed by atoms with E-state index >= 15 is 0 Å². The van der Waals surface area contributed by atoms with Gasteiger partial charge in [0.1, 0.15) is 18.0 Å². The molecule has 4 N–H and O–H groups in total. The third-order valence-corrected chi connectivity index (χ3v) is 9.52. The van der Waals surface area contributed by atoms with Crippen molar-refractivity contribution in [3.8, 4) is 0 Å². The number of esters is 1. The number of amides is 3. The molecule has 0 unspecified atom stereocenters. The van der Waals surface area contributed by atoms with E-state index in [9.17, 15) is 19.2 Å². The van der Waals surface area contributed by atoms with E-state index in [-0.39, 0.29) is 62.8 Å². The summed E-state index contributed by atoms with van der Waals surface area (Å²) in [6, 6.07) is 14.1. The van der Waals surface area contributed by atoms with E-state index in [1.807, 2.05) is 45.9 Å². The van der Waals surface area contributed by atoms with Gasteiger partial charge in [0.2, 0.25) is 0 Å². The monoisotopic (exact) mass is 1030 g/mol. The molecule has 0 aliphatic carbocycles. The second-order valence-electron chi connectivity index (χ2n) is 16.8. The maximum Gasteiger partial charge on any atom is 0.407 e. The molecule has 0 bridgehead atoms. The second kappa shape index (κ2) is 39.4. The van der Waals surface area contributed by atoms with Gasteiger partial charge in [-0.3, -0.25) is 19.2 Å². The lowest BCUT2D eigenvalue weighted by Crippen LogP contribution is -2.37. The van der Waals surface area contributed by atoms with Crippen molar-refractivity contribution in [1.82, 2.24) is 10.4 Å². The fourth-order valence-electron chi connectivity index (χ4n) is 6.16. The zero-order valence-electron chi connectivity index (χ0n) is 43.2. The Labute approximate surface area is 429 Å². The fourth-order valence-corrected chi connectivity index (χ4v) is 6.16. The summed E-state index contributed by atoms with van der Waals surface area (Å²) in [5.41, 5.74) is 8.25. The Morgan fingerprint density at radius 1 is 0.630 bits per heavy atom. The maximum atomic E-state index is 13.6.